The largest absolute Gasteiger partial charge is 0.389 e. The fourth-order valence-corrected chi connectivity index (χ4v) is 1.11. The third kappa shape index (κ3) is 4.58. The van der Waals surface area contributed by atoms with Crippen LogP contribution in [-0.4, -0.2) is 16.9 Å². The van der Waals surface area contributed by atoms with Gasteiger partial charge in [-0.05, 0) is 18.6 Å². The highest BCUT2D eigenvalue weighted by Gasteiger charge is 2.26. The molecule has 0 aliphatic heterocycles. The maximum atomic E-state index is 11.8. The average Bonchev–Trinajstić information content (AvgIpc) is 2.17. The molecule has 0 aromatic carbocycles. The first-order chi connectivity index (χ1) is 6.99. The van der Waals surface area contributed by atoms with Gasteiger partial charge in [-0.3, -0.25) is 9.78 Å². The Kier molecular flexibility index (Phi) is 3.82. The summed E-state index contributed by atoms with van der Waals surface area (Å²) in [6, 6.07) is 4.77. The summed E-state index contributed by atoms with van der Waals surface area (Å²) in [4.78, 5) is 15.1. The smallest absolute Gasteiger partial charge is 0.292 e. The zero-order valence-electron chi connectivity index (χ0n) is 7.92. The summed E-state index contributed by atoms with van der Waals surface area (Å²) in [6.45, 7) is 0. The standard InChI is InChI=1S/C10H10F3NO/c11-10(12,13)6-3-5-9(15)8-4-1-2-7-14-8/h1-2,4,7H,3,5-6H2. The first kappa shape index (κ1) is 11.7. The fraction of sp³-hybridized carbons (Fsp3) is 0.400. The number of hydrogen-bond acceptors (Lipinski definition) is 2. The number of nitrogens with zero attached hydrogens (tertiary/aromatic N) is 1. The van der Waals surface area contributed by atoms with E-state index in [2.05, 4.69) is 4.98 Å². The van der Waals surface area contributed by atoms with Crippen LogP contribution in [0.3, 0.4) is 0 Å². The van der Waals surface area contributed by atoms with Gasteiger partial charge in [0.05, 0.1) is 0 Å². The Balaban J connectivity index is 2.38. The highest BCUT2D eigenvalue weighted by atomic mass is 19.4. The first-order valence-electron chi connectivity index (χ1n) is 4.50. The quantitative estimate of drug-likeness (QED) is 0.725. The molecule has 0 fully saturated rings. The normalized spacial score (nSPS) is 11.4. The molecular weight excluding hydrogens is 207 g/mol. The third-order valence-corrected chi connectivity index (χ3v) is 1.81. The molecule has 0 radical (unpaired) electrons. The maximum absolute atomic E-state index is 11.8. The van der Waals surface area contributed by atoms with Gasteiger partial charge in [0.2, 0.25) is 0 Å². The van der Waals surface area contributed by atoms with Crippen LogP contribution >= 0.6 is 0 Å². The molecule has 5 heteroatoms. The molecule has 82 valence electrons. The Morgan fingerprint density at radius 2 is 2.07 bits per heavy atom. The molecule has 0 unspecified atom stereocenters. The minimum absolute atomic E-state index is 0.115. The van der Waals surface area contributed by atoms with Gasteiger partial charge in [0.25, 0.3) is 0 Å². The molecule has 1 heterocycles. The molecule has 1 aromatic rings. The van der Waals surface area contributed by atoms with Crippen LogP contribution in [0, 0.1) is 0 Å². The third-order valence-electron chi connectivity index (χ3n) is 1.81. The van der Waals surface area contributed by atoms with Crippen molar-refractivity contribution in [2.24, 2.45) is 0 Å². The van der Waals surface area contributed by atoms with Gasteiger partial charge in [0.1, 0.15) is 5.69 Å². The second-order valence-electron chi connectivity index (χ2n) is 3.11. The summed E-state index contributed by atoms with van der Waals surface area (Å²) in [5.41, 5.74) is 0.222. The van der Waals surface area contributed by atoms with Crippen molar-refractivity contribution in [3.05, 3.63) is 30.1 Å². The topological polar surface area (TPSA) is 30.0 Å². The minimum Gasteiger partial charge on any atom is -0.292 e. The molecule has 0 atom stereocenters. The molecule has 2 nitrogen and oxygen atoms in total. The molecule has 0 aliphatic rings. The first-order valence-corrected chi connectivity index (χ1v) is 4.50. The van der Waals surface area contributed by atoms with E-state index in [0.29, 0.717) is 0 Å². The molecular formula is C10H10F3NO. The highest BCUT2D eigenvalue weighted by molar-refractivity contribution is 5.94. The predicted octanol–water partition coefficient (Wildman–Crippen LogP) is 3.00. The molecule has 0 amide bonds. The Labute approximate surface area is 85.1 Å². The van der Waals surface area contributed by atoms with E-state index in [0.717, 1.165) is 0 Å². The molecule has 1 aromatic heterocycles. The van der Waals surface area contributed by atoms with Crippen molar-refractivity contribution >= 4 is 5.78 Å². The Hall–Kier alpha value is -1.39. The van der Waals surface area contributed by atoms with Gasteiger partial charge >= 0.3 is 6.18 Å². The zero-order valence-corrected chi connectivity index (χ0v) is 7.92. The van der Waals surface area contributed by atoms with E-state index in [1.165, 1.54) is 12.3 Å². The maximum Gasteiger partial charge on any atom is 0.389 e. The number of ketones is 1. The van der Waals surface area contributed by atoms with Crippen molar-refractivity contribution in [2.45, 2.75) is 25.4 Å². The molecule has 0 saturated heterocycles. The summed E-state index contributed by atoms with van der Waals surface area (Å²) in [6.07, 6.45) is -3.97. The van der Waals surface area contributed by atoms with Gasteiger partial charge in [0.15, 0.2) is 5.78 Å². The van der Waals surface area contributed by atoms with Crippen molar-refractivity contribution in [3.8, 4) is 0 Å². The lowest BCUT2D eigenvalue weighted by molar-refractivity contribution is -0.135. The number of Topliss-reactive ketones (excluding diaryl/α,β-unsaturated/α-hetero) is 1. The van der Waals surface area contributed by atoms with Gasteiger partial charge in [-0.2, -0.15) is 13.2 Å². The van der Waals surface area contributed by atoms with Crippen molar-refractivity contribution in [1.29, 1.82) is 0 Å². The van der Waals surface area contributed by atoms with E-state index in [-0.39, 0.29) is 24.3 Å². The van der Waals surface area contributed by atoms with Gasteiger partial charge in [-0.1, -0.05) is 6.07 Å². The number of pyridine rings is 1. The number of aromatic nitrogens is 1. The van der Waals surface area contributed by atoms with E-state index < -0.39 is 12.6 Å². The number of hydrogen-bond donors (Lipinski definition) is 0. The van der Waals surface area contributed by atoms with Crippen LogP contribution in [0.1, 0.15) is 29.8 Å². The van der Waals surface area contributed by atoms with Crippen LogP contribution in [0.15, 0.2) is 24.4 Å². The van der Waals surface area contributed by atoms with Crippen molar-refractivity contribution in [2.75, 3.05) is 0 Å². The predicted molar refractivity (Wildman–Crippen MR) is 48.5 cm³/mol. The second-order valence-corrected chi connectivity index (χ2v) is 3.11. The van der Waals surface area contributed by atoms with Crippen molar-refractivity contribution in [1.82, 2.24) is 4.98 Å². The van der Waals surface area contributed by atoms with E-state index in [1.807, 2.05) is 0 Å². The lowest BCUT2D eigenvalue weighted by Gasteiger charge is -2.04. The van der Waals surface area contributed by atoms with Crippen LogP contribution in [-0.2, 0) is 0 Å². The summed E-state index contributed by atoms with van der Waals surface area (Å²) in [5, 5.41) is 0. The van der Waals surface area contributed by atoms with E-state index in [4.69, 9.17) is 0 Å². The number of carbonyl (C=O) groups excluding carboxylic acids is 1. The number of halogens is 3. The second kappa shape index (κ2) is 4.91. The molecule has 0 bridgehead atoms. The van der Waals surface area contributed by atoms with Crippen LogP contribution in [0.5, 0.6) is 0 Å². The monoisotopic (exact) mass is 217 g/mol. The zero-order chi connectivity index (χ0) is 11.3. The van der Waals surface area contributed by atoms with Gasteiger partial charge in [-0.15, -0.1) is 0 Å². The fourth-order valence-electron chi connectivity index (χ4n) is 1.11. The Morgan fingerprint density at radius 1 is 1.33 bits per heavy atom. The summed E-state index contributed by atoms with van der Waals surface area (Å²) in [7, 11) is 0. The van der Waals surface area contributed by atoms with E-state index >= 15 is 0 Å². The summed E-state index contributed by atoms with van der Waals surface area (Å²) in [5.74, 6) is -0.347. The summed E-state index contributed by atoms with van der Waals surface area (Å²) >= 11 is 0. The van der Waals surface area contributed by atoms with Crippen molar-refractivity contribution in [3.63, 3.8) is 0 Å². The average molecular weight is 217 g/mol. The van der Waals surface area contributed by atoms with Gasteiger partial charge < -0.3 is 0 Å². The van der Waals surface area contributed by atoms with Crippen LogP contribution < -0.4 is 0 Å². The molecule has 0 spiro atoms. The van der Waals surface area contributed by atoms with Crippen LogP contribution in [0.2, 0.25) is 0 Å². The lowest BCUT2D eigenvalue weighted by atomic mass is 10.1. The van der Waals surface area contributed by atoms with Crippen molar-refractivity contribution < 1.29 is 18.0 Å². The van der Waals surface area contributed by atoms with Gasteiger partial charge in [-0.25, -0.2) is 0 Å². The number of alkyl halides is 3. The molecule has 0 aliphatic carbocycles. The number of carbonyl (C=O) groups is 1. The molecule has 0 N–H and O–H groups in total. The van der Waals surface area contributed by atoms with E-state index in [9.17, 15) is 18.0 Å². The Bertz CT molecular complexity index is 321. The van der Waals surface area contributed by atoms with Crippen LogP contribution in [0.4, 0.5) is 13.2 Å². The number of rotatable bonds is 4. The highest BCUT2D eigenvalue weighted by Crippen LogP contribution is 2.22. The molecule has 1 rings (SSSR count). The molecule has 15 heavy (non-hydrogen) atoms. The van der Waals surface area contributed by atoms with Crippen LogP contribution in [0.25, 0.3) is 0 Å². The van der Waals surface area contributed by atoms with E-state index in [1.54, 1.807) is 12.1 Å². The minimum atomic E-state index is -4.19. The summed E-state index contributed by atoms with van der Waals surface area (Å²) < 4.78 is 35.3. The Morgan fingerprint density at radius 3 is 2.60 bits per heavy atom. The lowest BCUT2D eigenvalue weighted by Crippen LogP contribution is -2.09. The SMILES string of the molecule is O=C(CCCC(F)(F)F)c1ccccn1. The van der Waals surface area contributed by atoms with Gasteiger partial charge in [0, 0.05) is 19.0 Å². The molecule has 0 saturated carbocycles.